The molecule has 0 aromatic rings. The molecule has 10 heteroatoms. The van der Waals surface area contributed by atoms with Crippen molar-refractivity contribution in [1.29, 1.82) is 0 Å². The Hall–Kier alpha value is -1.94. The van der Waals surface area contributed by atoms with Gasteiger partial charge in [0.2, 0.25) is 10.2 Å². The van der Waals surface area contributed by atoms with Crippen LogP contribution in [0, 0.1) is 0 Å². The second-order valence-corrected chi connectivity index (χ2v) is 3.03. The van der Waals surface area contributed by atoms with Gasteiger partial charge in [-0.2, -0.15) is 20.4 Å². The Bertz CT molecular complexity index is 303. The maximum absolute atomic E-state index is 4.82. The summed E-state index contributed by atoms with van der Waals surface area (Å²) in [6.07, 6.45) is 5.56. The number of hydrogen-bond acceptors (Lipinski definition) is 6. The summed E-state index contributed by atoms with van der Waals surface area (Å²) >= 11 is 9.65. The number of nitrogens with one attached hydrogen (secondary N) is 4. The molecule has 0 aromatic carbocycles. The predicted octanol–water partition coefficient (Wildman–Crippen LogP) is -1.13. The van der Waals surface area contributed by atoms with Crippen LogP contribution in [0.1, 0.15) is 0 Å². The van der Waals surface area contributed by atoms with Gasteiger partial charge in [0.1, 0.15) is 0 Å². The van der Waals surface area contributed by atoms with E-state index in [4.69, 9.17) is 24.4 Å². The topological polar surface area (TPSA) is 97.6 Å². The third-order valence-corrected chi connectivity index (χ3v) is 1.46. The third kappa shape index (κ3) is 5.72. The summed E-state index contributed by atoms with van der Waals surface area (Å²) in [7, 11) is 0. The van der Waals surface area contributed by atoms with E-state index in [9.17, 15) is 0 Å². The SMILES string of the molecule is S=C1N/N=C/C=N/NC(=S)N/N=C/C=N/N1. The van der Waals surface area contributed by atoms with E-state index in [0.29, 0.717) is 0 Å². The van der Waals surface area contributed by atoms with E-state index in [1.807, 2.05) is 0 Å². The fraction of sp³-hybridized carbons (Fsp3) is 0. The van der Waals surface area contributed by atoms with E-state index in [-0.39, 0.29) is 10.2 Å². The van der Waals surface area contributed by atoms with E-state index in [2.05, 4.69) is 42.1 Å². The molecule has 1 heterocycles. The predicted molar refractivity (Wildman–Crippen MR) is 71.7 cm³/mol. The van der Waals surface area contributed by atoms with Gasteiger partial charge in [0.05, 0.1) is 24.9 Å². The Labute approximate surface area is 102 Å². The molecule has 1 aliphatic rings. The molecular weight excluding hydrogens is 248 g/mol. The first-order chi connectivity index (χ1) is 7.79. The van der Waals surface area contributed by atoms with Crippen molar-refractivity contribution < 1.29 is 0 Å². The average molecular weight is 256 g/mol. The number of nitrogens with zero attached hydrogens (tertiary/aromatic N) is 4. The van der Waals surface area contributed by atoms with Gasteiger partial charge in [-0.1, -0.05) is 0 Å². The molecule has 1 aliphatic heterocycles. The lowest BCUT2D eigenvalue weighted by Crippen LogP contribution is -2.29. The van der Waals surface area contributed by atoms with E-state index in [1.54, 1.807) is 0 Å². The van der Waals surface area contributed by atoms with Gasteiger partial charge in [0.25, 0.3) is 0 Å². The highest BCUT2D eigenvalue weighted by Crippen LogP contribution is 1.69. The van der Waals surface area contributed by atoms with Gasteiger partial charge in [-0.15, -0.1) is 0 Å². The third-order valence-electron chi connectivity index (χ3n) is 1.10. The van der Waals surface area contributed by atoms with Gasteiger partial charge in [-0.05, 0) is 24.4 Å². The molecule has 0 saturated carbocycles. The van der Waals surface area contributed by atoms with Crippen molar-refractivity contribution in [3.05, 3.63) is 0 Å². The first kappa shape index (κ1) is 12.1. The zero-order chi connectivity index (χ0) is 11.6. The molecule has 0 unspecified atom stereocenters. The van der Waals surface area contributed by atoms with E-state index in [0.717, 1.165) is 0 Å². The molecule has 1 rings (SSSR count). The van der Waals surface area contributed by atoms with Gasteiger partial charge in [0, 0.05) is 0 Å². The second kappa shape index (κ2) is 7.36. The molecule has 0 saturated heterocycles. The first-order valence-electron chi connectivity index (χ1n) is 4.00. The molecular formula is C6H8N8S2. The fourth-order valence-corrected chi connectivity index (χ4v) is 0.778. The van der Waals surface area contributed by atoms with Crippen molar-refractivity contribution in [3.63, 3.8) is 0 Å². The van der Waals surface area contributed by atoms with Crippen molar-refractivity contribution in [2.24, 2.45) is 20.4 Å². The van der Waals surface area contributed by atoms with Crippen LogP contribution in [0.15, 0.2) is 20.4 Å². The largest absolute Gasteiger partial charge is 0.252 e. The summed E-state index contributed by atoms with van der Waals surface area (Å²) in [4.78, 5) is 0. The molecule has 0 fully saturated rings. The summed E-state index contributed by atoms with van der Waals surface area (Å²) in [5.74, 6) is 0. The molecule has 0 radical (unpaired) electrons. The summed E-state index contributed by atoms with van der Waals surface area (Å²) in [6, 6.07) is 0. The number of rotatable bonds is 0. The molecule has 4 N–H and O–H groups in total. The van der Waals surface area contributed by atoms with Crippen molar-refractivity contribution >= 4 is 59.5 Å². The van der Waals surface area contributed by atoms with Crippen LogP contribution in [-0.2, 0) is 0 Å². The average Bonchev–Trinajstić information content (AvgIpc) is 2.27. The minimum atomic E-state index is 0.253. The molecule has 84 valence electrons. The standard InChI is InChI=1S/C6H8N8S2/c15-5-11-7-1-2-8-12-6(16)14-10-4-3-9-13-5/h1-4H,(H2,11,13,15)(H2,12,14,16)/b7-1+,8-2+,9-3+,10-4+. The first-order valence-corrected chi connectivity index (χ1v) is 4.82. The van der Waals surface area contributed by atoms with Crippen LogP contribution in [0.2, 0.25) is 0 Å². The number of hydrazone groups is 4. The minimum absolute atomic E-state index is 0.253. The van der Waals surface area contributed by atoms with Gasteiger partial charge < -0.3 is 0 Å². The second-order valence-electron chi connectivity index (χ2n) is 2.22. The number of hydrogen-bond donors (Lipinski definition) is 4. The van der Waals surface area contributed by atoms with Gasteiger partial charge in [-0.3, -0.25) is 21.7 Å². The maximum atomic E-state index is 4.82. The normalized spacial score (nSPS) is 24.8. The van der Waals surface area contributed by atoms with Crippen LogP contribution in [0.5, 0.6) is 0 Å². The highest BCUT2D eigenvalue weighted by atomic mass is 32.1. The Balaban J connectivity index is 2.59. The molecule has 0 aliphatic carbocycles. The Kier molecular flexibility index (Phi) is 5.58. The fourth-order valence-electron chi connectivity index (χ4n) is 0.567. The quantitative estimate of drug-likeness (QED) is 0.410. The smallest absolute Gasteiger partial charge is 0.207 e. The summed E-state index contributed by atoms with van der Waals surface area (Å²) in [5.41, 5.74) is 10.0. The van der Waals surface area contributed by atoms with E-state index in [1.165, 1.54) is 24.9 Å². The van der Waals surface area contributed by atoms with Crippen LogP contribution in [0.25, 0.3) is 0 Å². The lowest BCUT2D eigenvalue weighted by atomic mass is 10.8. The van der Waals surface area contributed by atoms with Crippen LogP contribution in [0.4, 0.5) is 0 Å². The number of thiocarbonyl (C=S) groups is 2. The van der Waals surface area contributed by atoms with Crippen LogP contribution in [0.3, 0.4) is 0 Å². The molecule has 0 atom stereocenters. The lowest BCUT2D eigenvalue weighted by Gasteiger charge is -2.01. The lowest BCUT2D eigenvalue weighted by molar-refractivity contribution is 0.927. The van der Waals surface area contributed by atoms with Gasteiger partial charge in [0.15, 0.2) is 0 Å². The van der Waals surface area contributed by atoms with Crippen molar-refractivity contribution in [1.82, 2.24) is 21.7 Å². The van der Waals surface area contributed by atoms with Gasteiger partial charge >= 0.3 is 0 Å². The van der Waals surface area contributed by atoms with Crippen LogP contribution >= 0.6 is 24.4 Å². The maximum Gasteiger partial charge on any atom is 0.207 e. The van der Waals surface area contributed by atoms with Crippen LogP contribution < -0.4 is 21.7 Å². The van der Waals surface area contributed by atoms with E-state index < -0.39 is 0 Å². The highest BCUT2D eigenvalue weighted by Gasteiger charge is 1.88. The Morgan fingerprint density at radius 3 is 1.12 bits per heavy atom. The van der Waals surface area contributed by atoms with Crippen LogP contribution in [-0.4, -0.2) is 35.1 Å². The molecule has 0 spiro atoms. The minimum Gasteiger partial charge on any atom is -0.252 e. The molecule has 0 bridgehead atoms. The monoisotopic (exact) mass is 256 g/mol. The van der Waals surface area contributed by atoms with E-state index >= 15 is 0 Å². The molecule has 0 aromatic heterocycles. The zero-order valence-electron chi connectivity index (χ0n) is 7.91. The Morgan fingerprint density at radius 1 is 0.625 bits per heavy atom. The molecule has 8 nitrogen and oxygen atoms in total. The molecule has 16 heavy (non-hydrogen) atoms. The summed E-state index contributed by atoms with van der Waals surface area (Å²) < 4.78 is 0. The highest BCUT2D eigenvalue weighted by molar-refractivity contribution is 7.80. The van der Waals surface area contributed by atoms with Gasteiger partial charge in [-0.25, -0.2) is 0 Å². The summed E-state index contributed by atoms with van der Waals surface area (Å²) in [5, 5.41) is 15.4. The Morgan fingerprint density at radius 2 is 0.875 bits per heavy atom. The van der Waals surface area contributed by atoms with Crippen molar-refractivity contribution in [3.8, 4) is 0 Å². The summed E-state index contributed by atoms with van der Waals surface area (Å²) in [6.45, 7) is 0. The zero-order valence-corrected chi connectivity index (χ0v) is 9.55. The van der Waals surface area contributed by atoms with Crippen molar-refractivity contribution in [2.45, 2.75) is 0 Å². The van der Waals surface area contributed by atoms with Crippen molar-refractivity contribution in [2.75, 3.05) is 0 Å². The molecule has 0 amide bonds.